The number of benzene rings is 1. The normalized spacial score (nSPS) is 15.9. The molecule has 2 aromatic rings. The third kappa shape index (κ3) is 3.06. The Bertz CT molecular complexity index is 691. The molecule has 0 atom stereocenters. The maximum absolute atomic E-state index is 11.2. The van der Waals surface area contributed by atoms with Gasteiger partial charge in [0.05, 0.1) is 11.9 Å². The topological polar surface area (TPSA) is 62.2 Å². The lowest BCUT2D eigenvalue weighted by Gasteiger charge is -2.26. The first-order chi connectivity index (χ1) is 10.6. The Balaban J connectivity index is 2.07. The zero-order valence-electron chi connectivity index (χ0n) is 12.9. The van der Waals surface area contributed by atoms with E-state index in [4.69, 9.17) is 0 Å². The number of hydrogen-bond donors (Lipinski definition) is 2. The molecule has 4 heteroatoms. The van der Waals surface area contributed by atoms with Crippen molar-refractivity contribution in [2.75, 3.05) is 5.32 Å². The lowest BCUT2D eigenvalue weighted by atomic mass is 9.94. The second-order valence-corrected chi connectivity index (χ2v) is 6.12. The van der Waals surface area contributed by atoms with Gasteiger partial charge >= 0.3 is 5.97 Å². The largest absolute Gasteiger partial charge is 0.481 e. The summed E-state index contributed by atoms with van der Waals surface area (Å²) in [5.74, 6) is -0.813. The molecular weight excluding hydrogens is 276 g/mol. The number of carboxylic acid groups (broad SMARTS) is 1. The van der Waals surface area contributed by atoms with Gasteiger partial charge in [-0.2, -0.15) is 0 Å². The average Bonchev–Trinajstić information content (AvgIpc) is 2.51. The molecule has 1 fully saturated rings. The van der Waals surface area contributed by atoms with Crippen molar-refractivity contribution in [3.8, 4) is 0 Å². The van der Waals surface area contributed by atoms with Gasteiger partial charge in [-0.3, -0.25) is 9.78 Å². The van der Waals surface area contributed by atoms with Gasteiger partial charge < -0.3 is 10.4 Å². The third-order valence-corrected chi connectivity index (χ3v) is 4.48. The van der Waals surface area contributed by atoms with Crippen LogP contribution in [0.4, 0.5) is 5.69 Å². The molecule has 4 nitrogen and oxygen atoms in total. The maximum Gasteiger partial charge on any atom is 0.307 e. The monoisotopic (exact) mass is 298 g/mol. The number of rotatable bonds is 4. The summed E-state index contributed by atoms with van der Waals surface area (Å²) in [5.41, 5.74) is 3.51. The fourth-order valence-electron chi connectivity index (χ4n) is 3.36. The van der Waals surface area contributed by atoms with E-state index in [0.29, 0.717) is 6.04 Å². The van der Waals surface area contributed by atoms with E-state index in [9.17, 15) is 9.90 Å². The summed E-state index contributed by atoms with van der Waals surface area (Å²) in [5, 5.41) is 13.9. The Morgan fingerprint density at radius 3 is 2.73 bits per heavy atom. The highest BCUT2D eigenvalue weighted by Crippen LogP contribution is 2.31. The Kier molecular flexibility index (Phi) is 4.27. The molecule has 0 amide bonds. The van der Waals surface area contributed by atoms with Crippen molar-refractivity contribution in [2.24, 2.45) is 0 Å². The number of nitrogens with one attached hydrogen (secondary N) is 1. The quantitative estimate of drug-likeness (QED) is 0.898. The molecule has 1 aliphatic rings. The van der Waals surface area contributed by atoms with E-state index in [-0.39, 0.29) is 6.42 Å². The maximum atomic E-state index is 11.2. The number of aliphatic carboxylic acids is 1. The number of pyridine rings is 1. The van der Waals surface area contributed by atoms with Crippen LogP contribution in [0.1, 0.15) is 43.4 Å². The van der Waals surface area contributed by atoms with E-state index in [1.165, 1.54) is 19.3 Å². The molecule has 1 heterocycles. The summed E-state index contributed by atoms with van der Waals surface area (Å²) in [7, 11) is 0. The first-order valence-electron chi connectivity index (χ1n) is 8.01. The Morgan fingerprint density at radius 2 is 2.00 bits per heavy atom. The van der Waals surface area contributed by atoms with Crippen molar-refractivity contribution < 1.29 is 9.90 Å². The van der Waals surface area contributed by atoms with Crippen LogP contribution in [0.2, 0.25) is 0 Å². The minimum atomic E-state index is -0.813. The van der Waals surface area contributed by atoms with Crippen LogP contribution < -0.4 is 5.32 Å². The van der Waals surface area contributed by atoms with E-state index < -0.39 is 5.97 Å². The summed E-state index contributed by atoms with van der Waals surface area (Å²) in [4.78, 5) is 15.8. The molecule has 0 aliphatic heterocycles. The van der Waals surface area contributed by atoms with Crippen LogP contribution in [0.15, 0.2) is 24.3 Å². The number of anilines is 1. The second kappa shape index (κ2) is 6.34. The van der Waals surface area contributed by atoms with Crippen LogP contribution in [0.3, 0.4) is 0 Å². The fraction of sp³-hybridized carbons (Fsp3) is 0.444. The molecule has 22 heavy (non-hydrogen) atoms. The van der Waals surface area contributed by atoms with Crippen molar-refractivity contribution in [3.63, 3.8) is 0 Å². The molecular formula is C18H22N2O2. The number of aromatic nitrogens is 1. The van der Waals surface area contributed by atoms with E-state index >= 15 is 0 Å². The number of nitrogens with zero attached hydrogens (tertiary/aromatic N) is 1. The highest BCUT2D eigenvalue weighted by atomic mass is 16.4. The highest BCUT2D eigenvalue weighted by Gasteiger charge is 2.19. The molecule has 0 spiro atoms. The van der Waals surface area contributed by atoms with Crippen LogP contribution in [-0.2, 0) is 11.2 Å². The summed E-state index contributed by atoms with van der Waals surface area (Å²) in [6.07, 6.45) is 6.11. The Morgan fingerprint density at radius 1 is 1.27 bits per heavy atom. The molecule has 0 saturated heterocycles. The number of hydrogen-bond acceptors (Lipinski definition) is 3. The van der Waals surface area contributed by atoms with Gasteiger partial charge in [0, 0.05) is 28.4 Å². The number of fused-ring (bicyclic) bond motifs is 1. The van der Waals surface area contributed by atoms with Gasteiger partial charge in [0.1, 0.15) is 0 Å². The molecule has 0 bridgehead atoms. The van der Waals surface area contributed by atoms with Gasteiger partial charge in [-0.25, -0.2) is 0 Å². The summed E-state index contributed by atoms with van der Waals surface area (Å²) in [6, 6.07) is 8.40. The minimum absolute atomic E-state index is 0.0126. The van der Waals surface area contributed by atoms with E-state index in [0.717, 1.165) is 40.7 Å². The summed E-state index contributed by atoms with van der Waals surface area (Å²) < 4.78 is 0. The van der Waals surface area contributed by atoms with Crippen LogP contribution >= 0.6 is 0 Å². The van der Waals surface area contributed by atoms with Crippen LogP contribution in [-0.4, -0.2) is 22.1 Å². The molecule has 1 aliphatic carbocycles. The van der Waals surface area contributed by atoms with Crippen LogP contribution in [0, 0.1) is 6.92 Å². The first-order valence-corrected chi connectivity index (χ1v) is 8.01. The number of carboxylic acids is 1. The molecule has 116 valence electrons. The first kappa shape index (κ1) is 14.8. The van der Waals surface area contributed by atoms with Gasteiger partial charge in [0.2, 0.25) is 0 Å². The highest BCUT2D eigenvalue weighted by molar-refractivity contribution is 5.95. The van der Waals surface area contributed by atoms with Crippen molar-refractivity contribution in [2.45, 2.75) is 51.5 Å². The smallest absolute Gasteiger partial charge is 0.307 e. The molecule has 1 saturated carbocycles. The van der Waals surface area contributed by atoms with E-state index in [2.05, 4.69) is 10.3 Å². The number of carbonyl (C=O) groups is 1. The fourth-order valence-corrected chi connectivity index (χ4v) is 3.36. The van der Waals surface area contributed by atoms with Gasteiger partial charge in [0.15, 0.2) is 0 Å². The van der Waals surface area contributed by atoms with Crippen molar-refractivity contribution in [3.05, 3.63) is 35.5 Å². The van der Waals surface area contributed by atoms with Crippen molar-refractivity contribution in [1.82, 2.24) is 4.98 Å². The lowest BCUT2D eigenvalue weighted by Crippen LogP contribution is -2.24. The van der Waals surface area contributed by atoms with Crippen LogP contribution in [0.5, 0.6) is 0 Å². The molecule has 0 radical (unpaired) electrons. The average molecular weight is 298 g/mol. The zero-order chi connectivity index (χ0) is 15.5. The summed E-state index contributed by atoms with van der Waals surface area (Å²) in [6.45, 7) is 1.90. The number of para-hydroxylation sites is 1. The minimum Gasteiger partial charge on any atom is -0.481 e. The van der Waals surface area contributed by atoms with Gasteiger partial charge in [0.25, 0.3) is 0 Å². The standard InChI is InChI=1S/C18H22N2O2/c1-12-15(11-17(21)22)18(20-13-7-3-2-4-8-13)14-9-5-6-10-16(14)19-12/h5-6,9-10,13H,2-4,7-8,11H2,1H3,(H,19,20)(H,21,22). The van der Waals surface area contributed by atoms with E-state index in [1.807, 2.05) is 31.2 Å². The molecule has 2 N–H and O–H groups in total. The van der Waals surface area contributed by atoms with Gasteiger partial charge in [-0.05, 0) is 25.8 Å². The van der Waals surface area contributed by atoms with Crippen LogP contribution in [0.25, 0.3) is 10.9 Å². The van der Waals surface area contributed by atoms with Crippen molar-refractivity contribution in [1.29, 1.82) is 0 Å². The van der Waals surface area contributed by atoms with Gasteiger partial charge in [-0.15, -0.1) is 0 Å². The molecule has 1 aromatic heterocycles. The Labute approximate surface area is 130 Å². The molecule has 0 unspecified atom stereocenters. The van der Waals surface area contributed by atoms with E-state index in [1.54, 1.807) is 0 Å². The molecule has 3 rings (SSSR count). The zero-order valence-corrected chi connectivity index (χ0v) is 12.9. The predicted octanol–water partition coefficient (Wildman–Crippen LogP) is 3.91. The second-order valence-electron chi connectivity index (χ2n) is 6.12. The lowest BCUT2D eigenvalue weighted by molar-refractivity contribution is -0.136. The number of aryl methyl sites for hydroxylation is 1. The van der Waals surface area contributed by atoms with Gasteiger partial charge in [-0.1, -0.05) is 37.5 Å². The predicted molar refractivity (Wildman–Crippen MR) is 88.3 cm³/mol. The summed E-state index contributed by atoms with van der Waals surface area (Å²) >= 11 is 0. The SMILES string of the molecule is Cc1nc2ccccc2c(NC2CCCCC2)c1CC(=O)O. The molecule has 1 aromatic carbocycles. The Hall–Kier alpha value is -2.10. The van der Waals surface area contributed by atoms with Crippen molar-refractivity contribution >= 4 is 22.6 Å². The third-order valence-electron chi connectivity index (χ3n) is 4.48.